The number of carbonyl (C=O) groups excluding carboxylic acids is 1. The molecule has 0 atom stereocenters. The first-order valence-corrected chi connectivity index (χ1v) is 10.9. The van der Waals surface area contributed by atoms with Crippen molar-refractivity contribution in [3.8, 4) is 11.1 Å². The van der Waals surface area contributed by atoms with E-state index >= 15 is 0 Å². The first kappa shape index (κ1) is 18.9. The lowest BCUT2D eigenvalue weighted by Gasteiger charge is -2.31. The predicted molar refractivity (Wildman–Crippen MR) is 107 cm³/mol. The number of nitrogens with one attached hydrogen (secondary N) is 1. The van der Waals surface area contributed by atoms with E-state index in [1.807, 2.05) is 12.1 Å². The van der Waals surface area contributed by atoms with Crippen LogP contribution in [0.25, 0.3) is 11.1 Å². The molecule has 3 rings (SSSR count). The van der Waals surface area contributed by atoms with E-state index in [1.54, 1.807) is 30.3 Å². The highest BCUT2D eigenvalue weighted by Crippen LogP contribution is 2.43. The van der Waals surface area contributed by atoms with Crippen molar-refractivity contribution in [1.82, 2.24) is 5.32 Å². The second-order valence-electron chi connectivity index (χ2n) is 6.23. The van der Waals surface area contributed by atoms with Crippen LogP contribution in [0.3, 0.4) is 0 Å². The average Bonchev–Trinajstić information content (AvgIpc) is 2.63. The Morgan fingerprint density at radius 1 is 1.12 bits per heavy atom. The Balaban J connectivity index is 1.95. The molecule has 0 spiro atoms. The van der Waals surface area contributed by atoms with Crippen LogP contribution in [0.1, 0.15) is 26.2 Å². The van der Waals surface area contributed by atoms with Gasteiger partial charge in [-0.05, 0) is 30.7 Å². The number of fused-ring (bicyclic) bond motifs is 3. The largest absolute Gasteiger partial charge is 0.355 e. The van der Waals surface area contributed by atoms with Crippen molar-refractivity contribution < 1.29 is 13.2 Å². The number of benzene rings is 2. The molecule has 0 radical (unpaired) electrons. The van der Waals surface area contributed by atoms with Crippen molar-refractivity contribution in [2.45, 2.75) is 31.1 Å². The molecule has 5 nitrogen and oxygen atoms in total. The Morgan fingerprint density at radius 3 is 2.65 bits per heavy atom. The van der Waals surface area contributed by atoms with Crippen molar-refractivity contribution in [1.29, 1.82) is 0 Å². The number of anilines is 1. The van der Waals surface area contributed by atoms with E-state index < -0.39 is 10.0 Å². The van der Waals surface area contributed by atoms with Gasteiger partial charge in [0, 0.05) is 22.1 Å². The lowest BCUT2D eigenvalue weighted by Crippen LogP contribution is -2.42. The number of hydrogen-bond acceptors (Lipinski definition) is 3. The quantitative estimate of drug-likeness (QED) is 0.697. The van der Waals surface area contributed by atoms with Gasteiger partial charge in [-0.15, -0.1) is 0 Å². The average molecular weight is 437 g/mol. The molecular formula is C19H21BrN2O3S. The summed E-state index contributed by atoms with van der Waals surface area (Å²) in [5.74, 6) is -0.294. The molecule has 2 aromatic carbocycles. The maximum absolute atomic E-state index is 13.1. The topological polar surface area (TPSA) is 66.5 Å². The summed E-state index contributed by atoms with van der Waals surface area (Å²) in [4.78, 5) is 12.6. The molecule has 1 aliphatic rings. The summed E-state index contributed by atoms with van der Waals surface area (Å²) < 4.78 is 28.3. The minimum atomic E-state index is -3.78. The van der Waals surface area contributed by atoms with E-state index in [-0.39, 0.29) is 17.3 Å². The smallest absolute Gasteiger partial charge is 0.265 e. The molecule has 0 saturated carbocycles. The molecule has 0 saturated heterocycles. The van der Waals surface area contributed by atoms with Crippen LogP contribution in [0.15, 0.2) is 51.8 Å². The van der Waals surface area contributed by atoms with Crippen molar-refractivity contribution in [3.05, 3.63) is 46.9 Å². The van der Waals surface area contributed by atoms with Gasteiger partial charge in [0.05, 0.1) is 10.6 Å². The molecule has 138 valence electrons. The van der Waals surface area contributed by atoms with Crippen LogP contribution in [0.4, 0.5) is 5.69 Å². The third-order valence-corrected chi connectivity index (χ3v) is 6.67. The van der Waals surface area contributed by atoms with E-state index in [0.29, 0.717) is 17.8 Å². The van der Waals surface area contributed by atoms with Gasteiger partial charge in [-0.2, -0.15) is 0 Å². The summed E-state index contributed by atoms with van der Waals surface area (Å²) >= 11 is 3.44. The number of unbranched alkanes of at least 4 members (excludes halogenated alkanes) is 2. The molecular weight excluding hydrogens is 416 g/mol. The summed E-state index contributed by atoms with van der Waals surface area (Å²) in [7, 11) is -3.78. The zero-order valence-corrected chi connectivity index (χ0v) is 16.9. The molecule has 1 aliphatic heterocycles. The van der Waals surface area contributed by atoms with Crippen molar-refractivity contribution in [3.63, 3.8) is 0 Å². The minimum absolute atomic E-state index is 0.225. The number of rotatable bonds is 6. The first-order valence-electron chi connectivity index (χ1n) is 8.63. The molecule has 0 aromatic heterocycles. The summed E-state index contributed by atoms with van der Waals surface area (Å²) in [5, 5.41) is 2.81. The van der Waals surface area contributed by atoms with Gasteiger partial charge in [0.25, 0.3) is 10.0 Å². The van der Waals surface area contributed by atoms with Gasteiger partial charge in [0.2, 0.25) is 5.91 Å². The number of halogens is 1. The van der Waals surface area contributed by atoms with Gasteiger partial charge in [-0.1, -0.05) is 53.9 Å². The van der Waals surface area contributed by atoms with Gasteiger partial charge in [0.1, 0.15) is 6.54 Å². The Labute approximate surface area is 162 Å². The number of hydrogen-bond donors (Lipinski definition) is 1. The van der Waals surface area contributed by atoms with Crippen LogP contribution in [0.5, 0.6) is 0 Å². The van der Waals surface area contributed by atoms with Crippen LogP contribution in [0, 0.1) is 0 Å². The van der Waals surface area contributed by atoms with Crippen LogP contribution < -0.4 is 9.62 Å². The predicted octanol–water partition coefficient (Wildman–Crippen LogP) is 3.93. The van der Waals surface area contributed by atoms with Crippen LogP contribution in [-0.4, -0.2) is 27.4 Å². The number of nitrogens with zero attached hydrogens (tertiary/aromatic N) is 1. The zero-order chi connectivity index (χ0) is 18.7. The fraction of sp³-hybridized carbons (Fsp3) is 0.316. The number of amides is 1. The van der Waals surface area contributed by atoms with Gasteiger partial charge in [-0.3, -0.25) is 9.10 Å². The molecule has 1 amide bonds. The third kappa shape index (κ3) is 3.64. The molecule has 0 fully saturated rings. The maximum atomic E-state index is 13.1. The zero-order valence-electron chi connectivity index (χ0n) is 14.5. The molecule has 7 heteroatoms. The van der Waals surface area contributed by atoms with Gasteiger partial charge >= 0.3 is 0 Å². The normalized spacial score (nSPS) is 14.5. The summed E-state index contributed by atoms with van der Waals surface area (Å²) in [5.41, 5.74) is 1.97. The first-order chi connectivity index (χ1) is 12.4. The molecule has 1 heterocycles. The van der Waals surface area contributed by atoms with Gasteiger partial charge in [0.15, 0.2) is 0 Å². The molecule has 0 unspecified atom stereocenters. The SMILES string of the molecule is CCCCCNC(=O)CN1c2ccc(Br)cc2-c2ccccc2S1(=O)=O. The monoisotopic (exact) mass is 436 g/mol. The van der Waals surface area contributed by atoms with E-state index in [0.717, 1.165) is 29.3 Å². The fourth-order valence-electron chi connectivity index (χ4n) is 3.06. The van der Waals surface area contributed by atoms with E-state index in [9.17, 15) is 13.2 Å². The van der Waals surface area contributed by atoms with Crippen LogP contribution in [0.2, 0.25) is 0 Å². The van der Waals surface area contributed by atoms with Crippen molar-refractivity contribution in [2.24, 2.45) is 0 Å². The van der Waals surface area contributed by atoms with Crippen LogP contribution in [-0.2, 0) is 14.8 Å². The standard InChI is InChI=1S/C19H21BrN2O3S/c1-2-3-6-11-21-19(23)13-22-17-10-9-14(20)12-16(17)15-7-4-5-8-18(15)26(22,24)25/h4-5,7-10,12H,2-3,6,11,13H2,1H3,(H,21,23). The van der Waals surface area contributed by atoms with E-state index in [4.69, 9.17) is 0 Å². The summed E-state index contributed by atoms with van der Waals surface area (Å²) in [6, 6.07) is 12.3. The van der Waals surface area contributed by atoms with Gasteiger partial charge < -0.3 is 5.32 Å². The molecule has 26 heavy (non-hydrogen) atoms. The highest BCUT2D eigenvalue weighted by atomic mass is 79.9. The number of sulfonamides is 1. The Bertz CT molecular complexity index is 928. The summed E-state index contributed by atoms with van der Waals surface area (Å²) in [6.07, 6.45) is 2.99. The lowest BCUT2D eigenvalue weighted by molar-refractivity contribution is -0.119. The Morgan fingerprint density at radius 2 is 1.88 bits per heavy atom. The highest BCUT2D eigenvalue weighted by Gasteiger charge is 2.35. The second kappa shape index (κ2) is 7.80. The van der Waals surface area contributed by atoms with Crippen molar-refractivity contribution >= 4 is 37.5 Å². The van der Waals surface area contributed by atoms with E-state index in [2.05, 4.69) is 28.2 Å². The number of carbonyl (C=O) groups is 1. The maximum Gasteiger partial charge on any atom is 0.265 e. The second-order valence-corrected chi connectivity index (χ2v) is 8.97. The lowest BCUT2D eigenvalue weighted by atomic mass is 10.0. The molecule has 0 aliphatic carbocycles. The summed E-state index contributed by atoms with van der Waals surface area (Å²) in [6.45, 7) is 2.43. The molecule has 2 aromatic rings. The Hall–Kier alpha value is -1.86. The van der Waals surface area contributed by atoms with E-state index in [1.165, 1.54) is 4.31 Å². The fourth-order valence-corrected chi connectivity index (χ4v) is 5.07. The van der Waals surface area contributed by atoms with Crippen molar-refractivity contribution in [2.75, 3.05) is 17.4 Å². The van der Waals surface area contributed by atoms with Crippen LogP contribution >= 0.6 is 15.9 Å². The third-order valence-electron chi connectivity index (χ3n) is 4.36. The molecule has 1 N–H and O–H groups in total. The Kier molecular flexibility index (Phi) is 5.67. The molecule has 0 bridgehead atoms. The minimum Gasteiger partial charge on any atom is -0.355 e. The van der Waals surface area contributed by atoms with Gasteiger partial charge in [-0.25, -0.2) is 8.42 Å². The highest BCUT2D eigenvalue weighted by molar-refractivity contribution is 9.10.